The summed E-state index contributed by atoms with van der Waals surface area (Å²) >= 11 is 0. The average Bonchev–Trinajstić information content (AvgIpc) is 2.63. The first-order chi connectivity index (χ1) is 11.1. The highest BCUT2D eigenvalue weighted by atomic mass is 19.1. The first-order valence-corrected chi connectivity index (χ1v) is 7.19. The molecule has 1 N–H and O–H groups in total. The number of carbonyl (C=O) groups excluding carboxylic acids is 1. The second-order valence-electron chi connectivity index (χ2n) is 5.48. The fraction of sp³-hybridized carbons (Fsp3) is 0.118. The van der Waals surface area contributed by atoms with Crippen LogP contribution < -0.4 is 10.9 Å². The van der Waals surface area contributed by atoms with E-state index in [0.717, 1.165) is 0 Å². The first kappa shape index (κ1) is 13.6. The number of nitrogens with one attached hydrogen (secondary N) is 1. The molecule has 0 bridgehead atoms. The van der Waals surface area contributed by atoms with Crippen LogP contribution in [0.15, 0.2) is 47.3 Å². The van der Waals surface area contributed by atoms with E-state index in [0.29, 0.717) is 22.5 Å². The van der Waals surface area contributed by atoms with E-state index in [2.05, 4.69) is 10.3 Å². The Morgan fingerprint density at radius 1 is 1.17 bits per heavy atom. The zero-order chi connectivity index (χ0) is 16.1. The van der Waals surface area contributed by atoms with E-state index < -0.39 is 11.9 Å². The van der Waals surface area contributed by atoms with E-state index in [1.165, 1.54) is 22.8 Å². The molecule has 3 aromatic rings. The monoisotopic (exact) mass is 309 g/mol. The van der Waals surface area contributed by atoms with Gasteiger partial charge < -0.3 is 5.32 Å². The minimum Gasteiger partial charge on any atom is -0.342 e. The lowest BCUT2D eigenvalue weighted by Gasteiger charge is -2.15. The van der Waals surface area contributed by atoms with Crippen LogP contribution >= 0.6 is 0 Å². The number of benzene rings is 2. The summed E-state index contributed by atoms with van der Waals surface area (Å²) in [4.78, 5) is 29.7. The zero-order valence-corrected chi connectivity index (χ0v) is 12.2. The molecule has 1 unspecified atom stereocenters. The van der Waals surface area contributed by atoms with Crippen LogP contribution in [0.25, 0.3) is 16.6 Å². The molecule has 0 spiro atoms. The van der Waals surface area contributed by atoms with Crippen molar-refractivity contribution in [3.05, 3.63) is 70.0 Å². The molecule has 1 aliphatic heterocycles. The summed E-state index contributed by atoms with van der Waals surface area (Å²) in [5, 5.41) is 3.12. The highest BCUT2D eigenvalue weighted by molar-refractivity contribution is 5.98. The summed E-state index contributed by atoms with van der Waals surface area (Å²) in [6, 6.07) is 10.3. The van der Waals surface area contributed by atoms with Gasteiger partial charge in [0.25, 0.3) is 11.5 Å². The third-order valence-electron chi connectivity index (χ3n) is 3.98. The van der Waals surface area contributed by atoms with E-state index in [9.17, 15) is 14.0 Å². The van der Waals surface area contributed by atoms with Crippen molar-refractivity contribution in [2.45, 2.75) is 13.0 Å². The van der Waals surface area contributed by atoms with Gasteiger partial charge in [-0.05, 0) is 31.2 Å². The van der Waals surface area contributed by atoms with E-state index in [1.54, 1.807) is 31.2 Å². The number of amides is 1. The van der Waals surface area contributed by atoms with Crippen LogP contribution in [-0.4, -0.2) is 15.5 Å². The number of hydrogen-bond acceptors (Lipinski definition) is 3. The predicted molar refractivity (Wildman–Crippen MR) is 83.2 cm³/mol. The molecule has 2 heterocycles. The van der Waals surface area contributed by atoms with Gasteiger partial charge in [-0.2, -0.15) is 0 Å². The maximum Gasteiger partial charge on any atom is 0.266 e. The Morgan fingerprint density at radius 3 is 2.78 bits per heavy atom. The quantitative estimate of drug-likeness (QED) is 0.693. The number of hydrogen-bond donors (Lipinski definition) is 1. The van der Waals surface area contributed by atoms with Crippen molar-refractivity contribution in [3.8, 4) is 5.69 Å². The molecular formula is C17H12FN3O2. The molecule has 1 amide bonds. The molecule has 0 radical (unpaired) electrons. The van der Waals surface area contributed by atoms with Crippen molar-refractivity contribution in [1.82, 2.24) is 14.9 Å². The number of fused-ring (bicyclic) bond motifs is 4. The van der Waals surface area contributed by atoms with Gasteiger partial charge in [0.05, 0.1) is 28.2 Å². The Morgan fingerprint density at radius 2 is 1.96 bits per heavy atom. The average molecular weight is 309 g/mol. The number of carbonyl (C=O) groups is 1. The lowest BCUT2D eigenvalue weighted by Crippen LogP contribution is -2.28. The zero-order valence-electron chi connectivity index (χ0n) is 12.2. The van der Waals surface area contributed by atoms with E-state index >= 15 is 0 Å². The lowest BCUT2D eigenvalue weighted by atomic mass is 10.1. The standard InChI is InChI=1S/C17H12FN3O2/c1-9-15-20-13-8-10(18)6-7-11(13)17(23)21(15)14-5-3-2-4-12(14)16(22)19-9/h2-9H,1H3,(H,19,22). The van der Waals surface area contributed by atoms with Crippen molar-refractivity contribution in [3.63, 3.8) is 0 Å². The number of rotatable bonds is 0. The molecule has 0 aliphatic carbocycles. The highest BCUT2D eigenvalue weighted by Crippen LogP contribution is 2.24. The third-order valence-corrected chi connectivity index (χ3v) is 3.98. The highest BCUT2D eigenvalue weighted by Gasteiger charge is 2.26. The molecule has 2 aromatic carbocycles. The first-order valence-electron chi connectivity index (χ1n) is 7.19. The number of halogens is 1. The third kappa shape index (κ3) is 1.95. The van der Waals surface area contributed by atoms with Crippen LogP contribution in [0, 0.1) is 5.82 Å². The van der Waals surface area contributed by atoms with Crippen molar-refractivity contribution < 1.29 is 9.18 Å². The molecule has 114 valence electrons. The second kappa shape index (κ2) is 4.74. The summed E-state index contributed by atoms with van der Waals surface area (Å²) in [6.07, 6.45) is 0. The second-order valence-corrected chi connectivity index (χ2v) is 5.48. The summed E-state index contributed by atoms with van der Waals surface area (Å²) in [5.74, 6) is -0.348. The number of para-hydroxylation sites is 1. The van der Waals surface area contributed by atoms with Gasteiger partial charge in [-0.15, -0.1) is 0 Å². The van der Waals surface area contributed by atoms with Crippen LogP contribution in [-0.2, 0) is 0 Å². The Bertz CT molecular complexity index is 1030. The van der Waals surface area contributed by atoms with Crippen LogP contribution in [0.1, 0.15) is 29.1 Å². The molecule has 0 fully saturated rings. The van der Waals surface area contributed by atoms with Gasteiger partial charge in [0.15, 0.2) is 0 Å². The van der Waals surface area contributed by atoms with Crippen molar-refractivity contribution in [2.75, 3.05) is 0 Å². The van der Waals surface area contributed by atoms with E-state index in [4.69, 9.17) is 0 Å². The molecule has 1 atom stereocenters. The van der Waals surface area contributed by atoms with Gasteiger partial charge in [-0.1, -0.05) is 12.1 Å². The Hall–Kier alpha value is -3.02. The molecule has 6 heteroatoms. The summed E-state index contributed by atoms with van der Waals surface area (Å²) in [5.41, 5.74) is 0.846. The summed E-state index contributed by atoms with van der Waals surface area (Å²) in [6.45, 7) is 1.74. The Balaban J connectivity index is 2.18. The maximum absolute atomic E-state index is 13.5. The van der Waals surface area contributed by atoms with Gasteiger partial charge in [0.1, 0.15) is 11.6 Å². The molecule has 0 saturated carbocycles. The summed E-state index contributed by atoms with van der Waals surface area (Å²) < 4.78 is 14.9. The van der Waals surface area contributed by atoms with Crippen LogP contribution in [0.2, 0.25) is 0 Å². The molecule has 5 nitrogen and oxygen atoms in total. The molecule has 1 aliphatic rings. The minimum absolute atomic E-state index is 0.270. The van der Waals surface area contributed by atoms with Crippen LogP contribution in [0.3, 0.4) is 0 Å². The predicted octanol–water partition coefficient (Wildman–Crippen LogP) is 2.33. The molecular weight excluding hydrogens is 297 g/mol. The minimum atomic E-state index is -0.477. The fourth-order valence-corrected chi connectivity index (χ4v) is 2.90. The summed E-state index contributed by atoms with van der Waals surface area (Å²) in [7, 11) is 0. The Kier molecular flexibility index (Phi) is 2.81. The van der Waals surface area contributed by atoms with E-state index in [1.807, 2.05) is 0 Å². The Labute approximate surface area is 130 Å². The largest absolute Gasteiger partial charge is 0.342 e. The van der Waals surface area contributed by atoms with Gasteiger partial charge in [0, 0.05) is 6.07 Å². The molecule has 4 rings (SSSR count). The van der Waals surface area contributed by atoms with Crippen molar-refractivity contribution in [2.24, 2.45) is 0 Å². The van der Waals surface area contributed by atoms with Gasteiger partial charge in [0.2, 0.25) is 0 Å². The molecule has 0 saturated heterocycles. The number of nitrogens with zero attached hydrogens (tertiary/aromatic N) is 2. The van der Waals surface area contributed by atoms with Gasteiger partial charge in [-0.3, -0.25) is 14.2 Å². The van der Waals surface area contributed by atoms with Crippen molar-refractivity contribution in [1.29, 1.82) is 0 Å². The maximum atomic E-state index is 13.5. The van der Waals surface area contributed by atoms with Gasteiger partial charge in [-0.25, -0.2) is 9.37 Å². The van der Waals surface area contributed by atoms with Crippen LogP contribution in [0.5, 0.6) is 0 Å². The fourth-order valence-electron chi connectivity index (χ4n) is 2.90. The number of aromatic nitrogens is 2. The van der Waals surface area contributed by atoms with Crippen LogP contribution in [0.4, 0.5) is 4.39 Å². The molecule has 1 aromatic heterocycles. The molecule has 23 heavy (non-hydrogen) atoms. The smallest absolute Gasteiger partial charge is 0.266 e. The lowest BCUT2D eigenvalue weighted by molar-refractivity contribution is 0.0941. The SMILES string of the molecule is CC1NC(=O)c2ccccc2-n2c1nc1cc(F)ccc1c2=O. The van der Waals surface area contributed by atoms with E-state index in [-0.39, 0.29) is 17.0 Å². The normalized spacial score (nSPS) is 16.4. The topological polar surface area (TPSA) is 64.0 Å². The van der Waals surface area contributed by atoms with Gasteiger partial charge >= 0.3 is 0 Å². The van der Waals surface area contributed by atoms with Crippen molar-refractivity contribution >= 4 is 16.8 Å².